The Morgan fingerprint density at radius 3 is 2.94 bits per heavy atom. The largest absolute Gasteiger partial charge is 0.394 e. The van der Waals surface area contributed by atoms with E-state index in [0.29, 0.717) is 6.42 Å². The Labute approximate surface area is 104 Å². The second-order valence-corrected chi connectivity index (χ2v) is 4.31. The van der Waals surface area contributed by atoms with Crippen LogP contribution in [0.3, 0.4) is 0 Å². The summed E-state index contributed by atoms with van der Waals surface area (Å²) in [7, 11) is 0. The Bertz CT molecular complexity index is 488. The van der Waals surface area contributed by atoms with Crippen molar-refractivity contribution in [2.24, 2.45) is 0 Å². The first-order chi connectivity index (χ1) is 8.56. The molecule has 0 bridgehead atoms. The van der Waals surface area contributed by atoms with Crippen molar-refractivity contribution in [1.82, 2.24) is 9.55 Å². The molecule has 0 amide bonds. The van der Waals surface area contributed by atoms with Gasteiger partial charge in [-0.1, -0.05) is 6.92 Å². The summed E-state index contributed by atoms with van der Waals surface area (Å²) < 4.78 is 6.72. The zero-order chi connectivity index (χ0) is 13.3. The van der Waals surface area contributed by atoms with Gasteiger partial charge in [-0.3, -0.25) is 4.57 Å². The molecule has 0 unspecified atom stereocenters. The van der Waals surface area contributed by atoms with E-state index in [9.17, 15) is 9.90 Å². The van der Waals surface area contributed by atoms with Gasteiger partial charge in [-0.25, -0.2) is 4.79 Å². The average Bonchev–Trinajstić information content (AvgIpc) is 2.70. The van der Waals surface area contributed by atoms with Crippen LogP contribution in [-0.2, 0) is 11.2 Å². The summed E-state index contributed by atoms with van der Waals surface area (Å²) in [5.74, 6) is 0.219. The van der Waals surface area contributed by atoms with Crippen LogP contribution in [-0.4, -0.2) is 38.6 Å². The van der Waals surface area contributed by atoms with Crippen LogP contribution in [0.15, 0.2) is 11.0 Å². The van der Waals surface area contributed by atoms with Crippen molar-refractivity contribution in [1.29, 1.82) is 0 Å². The third kappa shape index (κ3) is 2.24. The molecule has 100 valence electrons. The van der Waals surface area contributed by atoms with Crippen molar-refractivity contribution in [2.45, 2.75) is 38.2 Å². The quantitative estimate of drug-likeness (QED) is 0.641. The van der Waals surface area contributed by atoms with Gasteiger partial charge in [-0.15, -0.1) is 0 Å². The number of rotatable bonds is 3. The molecule has 0 spiro atoms. The molecule has 1 saturated heterocycles. The van der Waals surface area contributed by atoms with Gasteiger partial charge in [0.05, 0.1) is 12.7 Å². The van der Waals surface area contributed by atoms with E-state index in [1.165, 1.54) is 4.57 Å². The van der Waals surface area contributed by atoms with Gasteiger partial charge >= 0.3 is 5.69 Å². The average molecular weight is 255 g/mol. The van der Waals surface area contributed by atoms with Gasteiger partial charge in [0.15, 0.2) is 0 Å². The zero-order valence-corrected chi connectivity index (χ0v) is 10.1. The Morgan fingerprint density at radius 2 is 2.39 bits per heavy atom. The van der Waals surface area contributed by atoms with Crippen molar-refractivity contribution in [2.75, 3.05) is 12.3 Å². The first-order valence-corrected chi connectivity index (χ1v) is 5.88. The van der Waals surface area contributed by atoms with Crippen molar-refractivity contribution < 1.29 is 14.9 Å². The number of nitrogens with zero attached hydrogens (tertiary/aromatic N) is 2. The van der Waals surface area contributed by atoms with Gasteiger partial charge < -0.3 is 20.7 Å². The number of hydrogen-bond donors (Lipinski definition) is 3. The summed E-state index contributed by atoms with van der Waals surface area (Å²) in [4.78, 5) is 15.5. The number of aliphatic hydroxyl groups is 2. The number of hydrogen-bond acceptors (Lipinski definition) is 6. The van der Waals surface area contributed by atoms with E-state index in [1.807, 2.05) is 6.92 Å². The van der Waals surface area contributed by atoms with Gasteiger partial charge in [-0.2, -0.15) is 4.98 Å². The van der Waals surface area contributed by atoms with Crippen LogP contribution in [0.25, 0.3) is 0 Å². The highest BCUT2D eigenvalue weighted by molar-refractivity contribution is 5.36. The van der Waals surface area contributed by atoms with Crippen LogP contribution in [0.1, 0.15) is 25.1 Å². The Balaban J connectivity index is 2.32. The molecule has 1 aromatic heterocycles. The molecule has 0 saturated carbocycles. The maximum Gasteiger partial charge on any atom is 0.351 e. The fourth-order valence-corrected chi connectivity index (χ4v) is 2.05. The number of aryl methyl sites for hydroxylation is 1. The summed E-state index contributed by atoms with van der Waals surface area (Å²) >= 11 is 0. The zero-order valence-electron chi connectivity index (χ0n) is 10.1. The number of aliphatic hydroxyl groups excluding tert-OH is 2. The van der Waals surface area contributed by atoms with Gasteiger partial charge in [0, 0.05) is 18.2 Å². The summed E-state index contributed by atoms with van der Waals surface area (Å²) in [6.07, 6.45) is 0.446. The molecule has 2 rings (SSSR count). The van der Waals surface area contributed by atoms with Gasteiger partial charge in [0.2, 0.25) is 0 Å². The van der Waals surface area contributed by atoms with E-state index in [-0.39, 0.29) is 18.8 Å². The van der Waals surface area contributed by atoms with Crippen molar-refractivity contribution >= 4 is 5.82 Å². The lowest BCUT2D eigenvalue weighted by atomic mass is 10.2. The molecule has 7 nitrogen and oxygen atoms in total. The number of aromatic nitrogens is 2. The highest BCUT2D eigenvalue weighted by atomic mass is 16.5. The van der Waals surface area contributed by atoms with Crippen molar-refractivity contribution in [3.63, 3.8) is 0 Å². The molecular weight excluding hydrogens is 238 g/mol. The molecular formula is C11H17N3O4. The minimum Gasteiger partial charge on any atom is -0.394 e. The van der Waals surface area contributed by atoms with Crippen LogP contribution in [0, 0.1) is 0 Å². The Kier molecular flexibility index (Phi) is 3.65. The van der Waals surface area contributed by atoms with Crippen LogP contribution in [0.4, 0.5) is 5.82 Å². The Hall–Kier alpha value is -1.44. The topological polar surface area (TPSA) is 111 Å². The minimum absolute atomic E-state index is 0.219. The number of nitrogen functional groups attached to an aromatic ring is 1. The fourth-order valence-electron chi connectivity index (χ4n) is 2.05. The standard InChI is InChI=1S/C11H17N3O4/c1-2-6-4-14(11(17)13-10(6)12)9-3-7(16)8(5-15)18-9/h4,7-9,15-16H,2-3,5H2,1H3,(H2,12,13,17)/t7-,8+,9+/m0/s1. The van der Waals surface area contributed by atoms with E-state index in [1.54, 1.807) is 6.20 Å². The molecule has 18 heavy (non-hydrogen) atoms. The summed E-state index contributed by atoms with van der Waals surface area (Å²) in [6, 6.07) is 0. The molecule has 0 aromatic carbocycles. The molecule has 2 heterocycles. The van der Waals surface area contributed by atoms with E-state index in [4.69, 9.17) is 15.6 Å². The predicted octanol–water partition coefficient (Wildman–Crippen LogP) is -0.971. The van der Waals surface area contributed by atoms with Gasteiger partial charge in [0.25, 0.3) is 0 Å². The predicted molar refractivity (Wildman–Crippen MR) is 63.9 cm³/mol. The van der Waals surface area contributed by atoms with E-state index in [2.05, 4.69) is 4.98 Å². The second-order valence-electron chi connectivity index (χ2n) is 4.31. The van der Waals surface area contributed by atoms with Crippen LogP contribution in [0.5, 0.6) is 0 Å². The smallest absolute Gasteiger partial charge is 0.351 e. The monoisotopic (exact) mass is 255 g/mol. The van der Waals surface area contributed by atoms with Gasteiger partial charge in [-0.05, 0) is 6.42 Å². The molecule has 1 aliphatic rings. The highest BCUT2D eigenvalue weighted by Crippen LogP contribution is 2.27. The first kappa shape index (κ1) is 13.0. The van der Waals surface area contributed by atoms with E-state index < -0.39 is 24.1 Å². The number of anilines is 1. The first-order valence-electron chi connectivity index (χ1n) is 5.88. The summed E-state index contributed by atoms with van der Waals surface area (Å²) in [5, 5.41) is 18.7. The number of nitrogens with two attached hydrogens (primary N) is 1. The molecule has 0 aliphatic carbocycles. The van der Waals surface area contributed by atoms with E-state index >= 15 is 0 Å². The second kappa shape index (κ2) is 5.05. The minimum atomic E-state index is -0.783. The lowest BCUT2D eigenvalue weighted by Gasteiger charge is -2.15. The van der Waals surface area contributed by atoms with Crippen LogP contribution < -0.4 is 11.4 Å². The third-order valence-electron chi connectivity index (χ3n) is 3.14. The molecule has 1 aliphatic heterocycles. The molecule has 3 atom stereocenters. The maximum absolute atomic E-state index is 11.7. The molecule has 0 radical (unpaired) electrons. The van der Waals surface area contributed by atoms with Crippen molar-refractivity contribution in [3.8, 4) is 0 Å². The van der Waals surface area contributed by atoms with Crippen LogP contribution >= 0.6 is 0 Å². The van der Waals surface area contributed by atoms with Gasteiger partial charge in [0.1, 0.15) is 18.1 Å². The number of ether oxygens (including phenoxy) is 1. The summed E-state index contributed by atoms with van der Waals surface area (Å²) in [5.41, 5.74) is 5.86. The maximum atomic E-state index is 11.7. The lowest BCUT2D eigenvalue weighted by Crippen LogP contribution is -2.29. The van der Waals surface area contributed by atoms with Crippen LogP contribution in [0.2, 0.25) is 0 Å². The summed E-state index contributed by atoms with van der Waals surface area (Å²) in [6.45, 7) is 1.62. The SMILES string of the molecule is CCc1cn([C@H]2C[C@H](O)[C@@H](CO)O2)c(=O)nc1N. The normalized spacial score (nSPS) is 27.6. The lowest BCUT2D eigenvalue weighted by molar-refractivity contribution is -0.0459. The molecule has 1 fully saturated rings. The third-order valence-corrected chi connectivity index (χ3v) is 3.14. The molecule has 1 aromatic rings. The van der Waals surface area contributed by atoms with Crippen molar-refractivity contribution in [3.05, 3.63) is 22.2 Å². The molecule has 7 heteroatoms. The molecule has 4 N–H and O–H groups in total. The highest BCUT2D eigenvalue weighted by Gasteiger charge is 2.35. The van der Waals surface area contributed by atoms with E-state index in [0.717, 1.165) is 5.56 Å². The Morgan fingerprint density at radius 1 is 1.67 bits per heavy atom. The fraction of sp³-hybridized carbons (Fsp3) is 0.636.